The molecule has 2 unspecified atom stereocenters. The number of ether oxygens (including phenoxy) is 1. The first-order chi connectivity index (χ1) is 8.24. The first-order valence-electron chi connectivity index (χ1n) is 6.03. The fourth-order valence-electron chi connectivity index (χ4n) is 2.19. The van der Waals surface area contributed by atoms with Gasteiger partial charge in [0.05, 0.1) is 6.10 Å². The number of hydrogen-bond acceptors (Lipinski definition) is 5. The summed E-state index contributed by atoms with van der Waals surface area (Å²) < 4.78 is 5.51. The lowest BCUT2D eigenvalue weighted by molar-refractivity contribution is 0.0496. The molecule has 1 aliphatic rings. The van der Waals surface area contributed by atoms with Crippen LogP contribution in [0.5, 0.6) is 0 Å². The maximum absolute atomic E-state index is 5.51. The Hall–Kier alpha value is -1.36. The van der Waals surface area contributed by atoms with Crippen LogP contribution in [-0.2, 0) is 4.74 Å². The van der Waals surface area contributed by atoms with E-state index in [9.17, 15) is 0 Å². The molecule has 0 radical (unpaired) electrons. The van der Waals surface area contributed by atoms with Crippen LogP contribution in [0, 0.1) is 5.92 Å². The molecule has 0 bridgehead atoms. The van der Waals surface area contributed by atoms with Crippen LogP contribution >= 0.6 is 0 Å². The summed E-state index contributed by atoms with van der Waals surface area (Å²) in [5.74, 6) is 2.25. The fourth-order valence-corrected chi connectivity index (χ4v) is 2.19. The van der Waals surface area contributed by atoms with E-state index in [0.717, 1.165) is 25.3 Å². The Bertz CT molecular complexity index is 371. The Morgan fingerprint density at radius 3 is 3.06 bits per heavy atom. The minimum atomic E-state index is 0.289. The summed E-state index contributed by atoms with van der Waals surface area (Å²) in [6, 6.07) is 1.95. The summed E-state index contributed by atoms with van der Waals surface area (Å²) in [5, 5.41) is 2.96. The van der Waals surface area contributed by atoms with Gasteiger partial charge in [-0.1, -0.05) is 6.92 Å². The van der Waals surface area contributed by atoms with Crippen LogP contribution in [-0.4, -0.2) is 43.3 Å². The summed E-state index contributed by atoms with van der Waals surface area (Å²) >= 11 is 0. The van der Waals surface area contributed by atoms with Crippen LogP contribution in [0.1, 0.15) is 13.3 Å². The first-order valence-corrected chi connectivity index (χ1v) is 6.03. The molecule has 1 aliphatic heterocycles. The Morgan fingerprint density at radius 1 is 1.53 bits per heavy atom. The third kappa shape index (κ3) is 2.66. The second-order valence-corrected chi connectivity index (χ2v) is 4.47. The largest absolute Gasteiger partial charge is 0.379 e. The molecule has 17 heavy (non-hydrogen) atoms. The third-order valence-corrected chi connectivity index (χ3v) is 3.38. The van der Waals surface area contributed by atoms with Crippen molar-refractivity contribution in [1.82, 2.24) is 9.97 Å². The van der Waals surface area contributed by atoms with E-state index in [-0.39, 0.29) is 6.10 Å². The minimum Gasteiger partial charge on any atom is -0.379 e. The van der Waals surface area contributed by atoms with Crippen LogP contribution in [0.3, 0.4) is 0 Å². The smallest absolute Gasteiger partial charge is 0.224 e. The molecule has 2 rings (SSSR count). The van der Waals surface area contributed by atoms with Crippen molar-refractivity contribution in [3.8, 4) is 0 Å². The molecule has 5 nitrogen and oxygen atoms in total. The first kappa shape index (κ1) is 12.1. The standard InChI is InChI=1S/C12H20N4O/c1-9-5-7-16(8-10(9)17-3)11-4-6-14-12(13-2)15-11/h4,6,9-10H,5,7-8H2,1-3H3,(H,13,14,15). The maximum Gasteiger partial charge on any atom is 0.224 e. The van der Waals surface area contributed by atoms with Crippen molar-refractivity contribution in [3.05, 3.63) is 12.3 Å². The van der Waals surface area contributed by atoms with Crippen LogP contribution in [0.25, 0.3) is 0 Å². The summed E-state index contributed by atoms with van der Waals surface area (Å²) in [6.07, 6.45) is 3.21. The number of hydrogen-bond donors (Lipinski definition) is 1. The molecule has 1 fully saturated rings. The van der Waals surface area contributed by atoms with E-state index in [4.69, 9.17) is 4.74 Å². The molecule has 1 aromatic rings. The quantitative estimate of drug-likeness (QED) is 0.859. The molecule has 1 aromatic heterocycles. The van der Waals surface area contributed by atoms with Crippen molar-refractivity contribution in [2.45, 2.75) is 19.4 Å². The highest BCUT2D eigenvalue weighted by atomic mass is 16.5. The highest BCUT2D eigenvalue weighted by Crippen LogP contribution is 2.23. The molecule has 0 saturated carbocycles. The molecule has 0 aromatic carbocycles. The van der Waals surface area contributed by atoms with Gasteiger partial charge in [-0.15, -0.1) is 0 Å². The zero-order valence-corrected chi connectivity index (χ0v) is 10.7. The predicted octanol–water partition coefficient (Wildman–Crippen LogP) is 1.38. The number of rotatable bonds is 3. The monoisotopic (exact) mass is 236 g/mol. The summed E-state index contributed by atoms with van der Waals surface area (Å²) in [7, 11) is 3.61. The lowest BCUT2D eigenvalue weighted by atomic mass is 9.96. The van der Waals surface area contributed by atoms with Crippen molar-refractivity contribution in [3.63, 3.8) is 0 Å². The molecule has 5 heteroatoms. The van der Waals surface area contributed by atoms with E-state index >= 15 is 0 Å². The lowest BCUT2D eigenvalue weighted by Gasteiger charge is -2.36. The molecule has 2 heterocycles. The van der Waals surface area contributed by atoms with Gasteiger partial charge in [-0.05, 0) is 18.4 Å². The molecule has 0 aliphatic carbocycles. The molecule has 1 N–H and O–H groups in total. The minimum absolute atomic E-state index is 0.289. The van der Waals surface area contributed by atoms with Crippen molar-refractivity contribution in [1.29, 1.82) is 0 Å². The van der Waals surface area contributed by atoms with Crippen molar-refractivity contribution < 1.29 is 4.74 Å². The maximum atomic E-state index is 5.51. The van der Waals surface area contributed by atoms with Crippen LogP contribution in [0.4, 0.5) is 11.8 Å². The predicted molar refractivity (Wildman–Crippen MR) is 68.4 cm³/mol. The Labute approximate surface area is 102 Å². The van der Waals surface area contributed by atoms with E-state index in [1.165, 1.54) is 0 Å². The Kier molecular flexibility index (Phi) is 3.78. The molecule has 0 amide bonds. The van der Waals surface area contributed by atoms with Crippen LogP contribution in [0.2, 0.25) is 0 Å². The third-order valence-electron chi connectivity index (χ3n) is 3.38. The summed E-state index contributed by atoms with van der Waals surface area (Å²) in [6.45, 7) is 4.17. The van der Waals surface area contributed by atoms with E-state index in [2.05, 4.69) is 27.1 Å². The number of aromatic nitrogens is 2. The van der Waals surface area contributed by atoms with Gasteiger partial charge in [0, 0.05) is 33.4 Å². The van der Waals surface area contributed by atoms with Gasteiger partial charge in [-0.3, -0.25) is 0 Å². The summed E-state index contributed by atoms with van der Waals surface area (Å²) in [5.41, 5.74) is 0. The Morgan fingerprint density at radius 2 is 2.35 bits per heavy atom. The van der Waals surface area contributed by atoms with E-state index in [0.29, 0.717) is 11.9 Å². The number of piperidine rings is 1. The second kappa shape index (κ2) is 5.31. The molecule has 0 spiro atoms. The average molecular weight is 236 g/mol. The van der Waals surface area contributed by atoms with Gasteiger partial charge in [0.2, 0.25) is 5.95 Å². The number of methoxy groups -OCH3 is 1. The molecular formula is C12H20N4O. The number of nitrogens with one attached hydrogen (secondary N) is 1. The fraction of sp³-hybridized carbons (Fsp3) is 0.667. The average Bonchev–Trinajstić information content (AvgIpc) is 2.39. The van der Waals surface area contributed by atoms with Gasteiger partial charge in [-0.2, -0.15) is 4.98 Å². The van der Waals surface area contributed by atoms with Gasteiger partial charge in [0.1, 0.15) is 5.82 Å². The van der Waals surface area contributed by atoms with Gasteiger partial charge >= 0.3 is 0 Å². The molecular weight excluding hydrogens is 216 g/mol. The van der Waals surface area contributed by atoms with E-state index in [1.54, 1.807) is 13.3 Å². The van der Waals surface area contributed by atoms with Gasteiger partial charge in [0.25, 0.3) is 0 Å². The van der Waals surface area contributed by atoms with Crippen molar-refractivity contribution >= 4 is 11.8 Å². The van der Waals surface area contributed by atoms with Gasteiger partial charge < -0.3 is 15.0 Å². The topological polar surface area (TPSA) is 50.3 Å². The Balaban J connectivity index is 2.11. The molecule has 94 valence electrons. The van der Waals surface area contributed by atoms with Crippen molar-refractivity contribution in [2.75, 3.05) is 37.5 Å². The SMILES string of the molecule is CNc1nccc(N2CCC(C)C(OC)C2)n1. The van der Waals surface area contributed by atoms with Crippen LogP contribution in [0.15, 0.2) is 12.3 Å². The van der Waals surface area contributed by atoms with Crippen LogP contribution < -0.4 is 10.2 Å². The summed E-state index contributed by atoms with van der Waals surface area (Å²) in [4.78, 5) is 10.8. The zero-order valence-electron chi connectivity index (χ0n) is 10.7. The second-order valence-electron chi connectivity index (χ2n) is 4.47. The highest BCUT2D eigenvalue weighted by Gasteiger charge is 2.26. The lowest BCUT2D eigenvalue weighted by Crippen LogP contribution is -2.44. The highest BCUT2D eigenvalue weighted by molar-refractivity contribution is 5.42. The van der Waals surface area contributed by atoms with E-state index in [1.807, 2.05) is 13.1 Å². The number of anilines is 2. The van der Waals surface area contributed by atoms with Gasteiger partial charge in [-0.25, -0.2) is 4.98 Å². The normalized spacial score (nSPS) is 24.8. The van der Waals surface area contributed by atoms with Gasteiger partial charge in [0.15, 0.2) is 0 Å². The zero-order chi connectivity index (χ0) is 12.3. The number of nitrogens with zero attached hydrogens (tertiary/aromatic N) is 3. The molecule has 1 saturated heterocycles. The van der Waals surface area contributed by atoms with Crippen molar-refractivity contribution in [2.24, 2.45) is 5.92 Å². The van der Waals surface area contributed by atoms with E-state index < -0.39 is 0 Å². The molecule has 2 atom stereocenters.